The topological polar surface area (TPSA) is 18.5 Å². The first-order valence-corrected chi connectivity index (χ1v) is 15.6. The molecule has 0 N–H and O–H groups in total. The van der Waals surface area contributed by atoms with Gasteiger partial charge in [0.2, 0.25) is 0 Å². The average molecular weight is 715 g/mol. The minimum Gasteiger partial charge on any atom is -0.429 e. The molecule has 0 bridgehead atoms. The Balaban J connectivity index is 1.32. The molecule has 4 aromatic carbocycles. The van der Waals surface area contributed by atoms with Crippen molar-refractivity contribution in [1.82, 2.24) is 0 Å². The van der Waals surface area contributed by atoms with Gasteiger partial charge in [0.1, 0.15) is 34.6 Å². The molecule has 0 saturated heterocycles. The fraction of sp³-hybridized carbons (Fsp3) is 0.297. The lowest BCUT2D eigenvalue weighted by Crippen LogP contribution is -2.25. The van der Waals surface area contributed by atoms with Crippen molar-refractivity contribution >= 4 is 0 Å². The van der Waals surface area contributed by atoms with Crippen molar-refractivity contribution in [3.05, 3.63) is 119 Å². The molecule has 1 aliphatic carbocycles. The quantitative estimate of drug-likeness (QED) is 0.144. The van der Waals surface area contributed by atoms with Gasteiger partial charge in [-0.25, -0.2) is 22.0 Å². The molecule has 1 saturated carbocycles. The van der Waals surface area contributed by atoms with Crippen LogP contribution in [-0.4, -0.2) is 6.11 Å². The lowest BCUT2D eigenvalue weighted by Gasteiger charge is -2.28. The standard InChI is InChI=1S/C37H29F11O2/c1-2-3-20-4-6-21(7-5-20)22-8-11-26(28(38)14-22)23-9-12-27(29(39)15-23)24-16-31(41)35(32(42)17-24)37(47,48)49-25-10-13-33(30(40)18-25)50-36(45,46)19-34(43)44/h8-21H,2-7H2,1H3. The zero-order chi connectivity index (χ0) is 36.4. The lowest BCUT2D eigenvalue weighted by atomic mass is 9.77. The van der Waals surface area contributed by atoms with Crippen molar-refractivity contribution < 1.29 is 57.8 Å². The number of alkyl halides is 4. The van der Waals surface area contributed by atoms with E-state index in [-0.39, 0.29) is 28.7 Å². The number of hydrogen-bond acceptors (Lipinski definition) is 2. The Morgan fingerprint density at radius 2 is 1.28 bits per heavy atom. The maximum absolute atomic E-state index is 15.3. The first-order chi connectivity index (χ1) is 23.6. The highest BCUT2D eigenvalue weighted by Gasteiger charge is 2.42. The summed E-state index contributed by atoms with van der Waals surface area (Å²) in [5.74, 6) is -8.62. The highest BCUT2D eigenvalue weighted by Crippen LogP contribution is 2.41. The molecular weight excluding hydrogens is 685 g/mol. The Kier molecular flexibility index (Phi) is 10.8. The predicted molar refractivity (Wildman–Crippen MR) is 164 cm³/mol. The Morgan fingerprint density at radius 3 is 1.86 bits per heavy atom. The van der Waals surface area contributed by atoms with E-state index in [9.17, 15) is 39.5 Å². The Hall–Kier alpha value is -4.55. The molecule has 13 heteroatoms. The van der Waals surface area contributed by atoms with Crippen LogP contribution >= 0.6 is 0 Å². The van der Waals surface area contributed by atoms with E-state index in [2.05, 4.69) is 16.4 Å². The second-order valence-electron chi connectivity index (χ2n) is 12.1. The molecular formula is C37H29F11O2. The molecule has 0 radical (unpaired) electrons. The highest BCUT2D eigenvalue weighted by atomic mass is 19.3. The highest BCUT2D eigenvalue weighted by molar-refractivity contribution is 5.72. The summed E-state index contributed by atoms with van der Waals surface area (Å²) in [7, 11) is 0. The van der Waals surface area contributed by atoms with Gasteiger partial charge in [-0.05, 0) is 90.6 Å². The van der Waals surface area contributed by atoms with E-state index < -0.39 is 76.1 Å². The van der Waals surface area contributed by atoms with Gasteiger partial charge in [0.25, 0.3) is 6.08 Å². The molecule has 4 aromatic rings. The summed E-state index contributed by atoms with van der Waals surface area (Å²) >= 11 is 0. The van der Waals surface area contributed by atoms with Crippen LogP contribution < -0.4 is 9.47 Å². The van der Waals surface area contributed by atoms with E-state index in [0.717, 1.165) is 49.8 Å². The fourth-order valence-electron chi connectivity index (χ4n) is 6.27. The number of halogens is 11. The average Bonchev–Trinajstić information content (AvgIpc) is 3.01. The van der Waals surface area contributed by atoms with Crippen molar-refractivity contribution in [3.63, 3.8) is 0 Å². The van der Waals surface area contributed by atoms with Crippen molar-refractivity contribution in [2.24, 2.45) is 5.92 Å². The van der Waals surface area contributed by atoms with Crippen molar-refractivity contribution in [2.45, 2.75) is 63.6 Å². The molecule has 0 aliphatic heterocycles. The van der Waals surface area contributed by atoms with Gasteiger partial charge in [0.05, 0.1) is 6.08 Å². The monoisotopic (exact) mass is 714 g/mol. The van der Waals surface area contributed by atoms with Gasteiger partial charge >= 0.3 is 12.2 Å². The molecule has 1 aliphatic rings. The van der Waals surface area contributed by atoms with Crippen LogP contribution in [0.1, 0.15) is 62.5 Å². The van der Waals surface area contributed by atoms with Crippen LogP contribution in [0.3, 0.4) is 0 Å². The number of ether oxygens (including phenoxy) is 2. The van der Waals surface area contributed by atoms with Crippen molar-refractivity contribution in [3.8, 4) is 33.8 Å². The van der Waals surface area contributed by atoms with Crippen LogP contribution in [0, 0.1) is 35.0 Å². The maximum atomic E-state index is 15.3. The van der Waals surface area contributed by atoms with Gasteiger partial charge in [0, 0.05) is 17.2 Å². The van der Waals surface area contributed by atoms with Crippen LogP contribution in [0.4, 0.5) is 48.3 Å². The number of rotatable bonds is 11. The van der Waals surface area contributed by atoms with Gasteiger partial charge < -0.3 is 9.47 Å². The fourth-order valence-corrected chi connectivity index (χ4v) is 6.27. The molecule has 2 nitrogen and oxygen atoms in total. The molecule has 0 heterocycles. The zero-order valence-electron chi connectivity index (χ0n) is 26.3. The van der Waals surface area contributed by atoms with Crippen molar-refractivity contribution in [2.75, 3.05) is 0 Å². The first kappa shape index (κ1) is 36.7. The first-order valence-electron chi connectivity index (χ1n) is 15.6. The van der Waals surface area contributed by atoms with E-state index in [1.54, 1.807) is 12.1 Å². The Morgan fingerprint density at radius 1 is 0.680 bits per heavy atom. The van der Waals surface area contributed by atoms with Gasteiger partial charge in [-0.1, -0.05) is 44.0 Å². The van der Waals surface area contributed by atoms with Crippen LogP contribution in [0.2, 0.25) is 0 Å². The summed E-state index contributed by atoms with van der Waals surface area (Å²) in [5, 5.41) is 0. The van der Waals surface area contributed by atoms with Crippen molar-refractivity contribution in [1.29, 1.82) is 0 Å². The molecule has 0 aromatic heterocycles. The molecule has 0 unspecified atom stereocenters. The van der Waals surface area contributed by atoms with E-state index in [4.69, 9.17) is 0 Å². The van der Waals surface area contributed by atoms with E-state index in [1.165, 1.54) is 18.6 Å². The maximum Gasteiger partial charge on any atom is 0.432 e. The lowest BCUT2D eigenvalue weighted by molar-refractivity contribution is -0.189. The van der Waals surface area contributed by atoms with Crippen LogP contribution in [0.15, 0.2) is 78.9 Å². The van der Waals surface area contributed by atoms with E-state index >= 15 is 8.78 Å². The summed E-state index contributed by atoms with van der Waals surface area (Å²) in [5.41, 5.74) is -1.72. The third-order valence-electron chi connectivity index (χ3n) is 8.61. The van der Waals surface area contributed by atoms with Crippen LogP contribution in [-0.2, 0) is 6.11 Å². The molecule has 1 fully saturated rings. The molecule has 266 valence electrons. The summed E-state index contributed by atoms with van der Waals surface area (Å²) in [6.07, 6.45) is -6.88. The number of hydrogen-bond donors (Lipinski definition) is 0. The van der Waals surface area contributed by atoms with E-state index in [0.29, 0.717) is 30.2 Å². The molecule has 5 rings (SSSR count). The Bertz CT molecular complexity index is 1850. The largest absolute Gasteiger partial charge is 0.432 e. The summed E-state index contributed by atoms with van der Waals surface area (Å²) in [6, 6.07) is 9.89. The van der Waals surface area contributed by atoms with Gasteiger partial charge in [0.15, 0.2) is 11.6 Å². The summed E-state index contributed by atoms with van der Waals surface area (Å²) in [6.45, 7) is 2.15. The molecule has 0 atom stereocenters. The van der Waals surface area contributed by atoms with Gasteiger partial charge in [-0.3, -0.25) is 0 Å². The predicted octanol–water partition coefficient (Wildman–Crippen LogP) is 12.7. The minimum absolute atomic E-state index is 0.0959. The van der Waals surface area contributed by atoms with E-state index in [1.807, 2.05) is 0 Å². The molecule has 50 heavy (non-hydrogen) atoms. The smallest absolute Gasteiger partial charge is 0.429 e. The summed E-state index contributed by atoms with van der Waals surface area (Å²) in [4.78, 5) is 0. The second kappa shape index (κ2) is 14.7. The minimum atomic E-state index is -4.81. The third kappa shape index (κ3) is 8.42. The SMILES string of the molecule is CCCC1CCC(c2ccc(-c3ccc(-c4cc(F)c(C(F)(F)Oc5ccc(OC(F)(F)C=C(F)F)c(F)c5)c(F)c4)c(F)c3)c(F)c2)CC1. The molecule has 0 spiro atoms. The normalized spacial score (nSPS) is 16.6. The summed E-state index contributed by atoms with van der Waals surface area (Å²) < 4.78 is 164. The van der Waals surface area contributed by atoms with Gasteiger partial charge in [-0.2, -0.15) is 26.3 Å². The van der Waals surface area contributed by atoms with Crippen LogP contribution in [0.25, 0.3) is 22.3 Å². The van der Waals surface area contributed by atoms with Gasteiger partial charge in [-0.15, -0.1) is 0 Å². The Labute approximate surface area is 280 Å². The number of benzene rings is 4. The molecule has 0 amide bonds. The third-order valence-corrected chi connectivity index (χ3v) is 8.61. The second-order valence-corrected chi connectivity index (χ2v) is 12.1. The zero-order valence-corrected chi connectivity index (χ0v) is 26.3. The van der Waals surface area contributed by atoms with Crippen LogP contribution in [0.5, 0.6) is 11.5 Å².